The SMILES string of the molecule is CC1(C)c2ccccc2-c2cc(-c3ccc4c5ccccc5n(-c5cccc6ccccc56)c4c3)ccc21. The second-order valence-electron chi connectivity index (χ2n) is 11.0. The molecule has 0 fully saturated rings. The highest BCUT2D eigenvalue weighted by molar-refractivity contribution is 6.11. The number of nitrogens with zero attached hydrogens (tertiary/aromatic N) is 1. The first-order valence-corrected chi connectivity index (χ1v) is 13.4. The van der Waals surface area contributed by atoms with Crippen LogP contribution in [0.25, 0.3) is 60.5 Å². The summed E-state index contributed by atoms with van der Waals surface area (Å²) in [5.74, 6) is 0. The van der Waals surface area contributed by atoms with Gasteiger partial charge in [0, 0.05) is 21.6 Å². The molecular formula is C37H27N. The highest BCUT2D eigenvalue weighted by Crippen LogP contribution is 2.49. The smallest absolute Gasteiger partial charge is 0.0547 e. The van der Waals surface area contributed by atoms with E-state index < -0.39 is 0 Å². The minimum absolute atomic E-state index is 0.0230. The number of aromatic nitrogens is 1. The first-order valence-electron chi connectivity index (χ1n) is 13.4. The van der Waals surface area contributed by atoms with Crippen LogP contribution in [0.15, 0.2) is 127 Å². The van der Waals surface area contributed by atoms with Gasteiger partial charge in [-0.25, -0.2) is 0 Å². The third kappa shape index (κ3) is 2.87. The van der Waals surface area contributed by atoms with Gasteiger partial charge >= 0.3 is 0 Å². The van der Waals surface area contributed by atoms with Crippen LogP contribution in [0, 0.1) is 0 Å². The summed E-state index contributed by atoms with van der Waals surface area (Å²) in [4.78, 5) is 0. The van der Waals surface area contributed by atoms with Crippen molar-refractivity contribution in [3.63, 3.8) is 0 Å². The molecule has 38 heavy (non-hydrogen) atoms. The van der Waals surface area contributed by atoms with Crippen LogP contribution in [-0.4, -0.2) is 4.57 Å². The molecule has 0 aliphatic heterocycles. The Labute approximate surface area is 222 Å². The van der Waals surface area contributed by atoms with Crippen LogP contribution in [0.2, 0.25) is 0 Å². The summed E-state index contributed by atoms with van der Waals surface area (Å²) in [7, 11) is 0. The molecule has 1 nitrogen and oxygen atoms in total. The van der Waals surface area contributed by atoms with Gasteiger partial charge in [0.15, 0.2) is 0 Å². The lowest BCUT2D eigenvalue weighted by atomic mass is 9.82. The summed E-state index contributed by atoms with van der Waals surface area (Å²) in [5.41, 5.74) is 11.8. The maximum absolute atomic E-state index is 2.45. The maximum atomic E-state index is 2.45. The molecule has 1 aliphatic rings. The van der Waals surface area contributed by atoms with Crippen LogP contribution in [0.3, 0.4) is 0 Å². The first-order chi connectivity index (χ1) is 18.6. The molecule has 8 rings (SSSR count). The minimum Gasteiger partial charge on any atom is -0.309 e. The van der Waals surface area contributed by atoms with Crippen molar-refractivity contribution in [3.8, 4) is 27.9 Å². The average molecular weight is 486 g/mol. The molecule has 0 amide bonds. The largest absolute Gasteiger partial charge is 0.309 e. The van der Waals surface area contributed by atoms with Crippen molar-refractivity contribution in [2.75, 3.05) is 0 Å². The Balaban J connectivity index is 1.39. The summed E-state index contributed by atoms with van der Waals surface area (Å²) in [5, 5.41) is 5.09. The molecule has 7 aromatic rings. The zero-order chi connectivity index (χ0) is 25.4. The van der Waals surface area contributed by atoms with E-state index in [1.165, 1.54) is 71.6 Å². The number of fused-ring (bicyclic) bond motifs is 7. The van der Waals surface area contributed by atoms with Crippen LogP contribution >= 0.6 is 0 Å². The molecule has 1 aliphatic carbocycles. The van der Waals surface area contributed by atoms with Crippen molar-refractivity contribution < 1.29 is 0 Å². The van der Waals surface area contributed by atoms with Gasteiger partial charge in [-0.15, -0.1) is 0 Å². The van der Waals surface area contributed by atoms with E-state index in [2.05, 4.69) is 146 Å². The molecule has 6 aromatic carbocycles. The number of hydrogen-bond acceptors (Lipinski definition) is 0. The van der Waals surface area contributed by atoms with Gasteiger partial charge in [0.2, 0.25) is 0 Å². The molecule has 0 N–H and O–H groups in total. The third-order valence-electron chi connectivity index (χ3n) is 8.60. The van der Waals surface area contributed by atoms with E-state index in [9.17, 15) is 0 Å². The topological polar surface area (TPSA) is 4.93 Å². The van der Waals surface area contributed by atoms with Crippen LogP contribution in [0.1, 0.15) is 25.0 Å². The molecule has 1 heterocycles. The molecule has 1 heteroatoms. The van der Waals surface area contributed by atoms with E-state index in [0.29, 0.717) is 0 Å². The Morgan fingerprint density at radius 1 is 0.474 bits per heavy atom. The van der Waals surface area contributed by atoms with E-state index in [-0.39, 0.29) is 5.41 Å². The fourth-order valence-electron chi connectivity index (χ4n) is 6.71. The van der Waals surface area contributed by atoms with Gasteiger partial charge < -0.3 is 4.57 Å². The van der Waals surface area contributed by atoms with Gasteiger partial charge in [-0.2, -0.15) is 0 Å². The van der Waals surface area contributed by atoms with Crippen molar-refractivity contribution in [1.29, 1.82) is 0 Å². The second kappa shape index (κ2) is 7.69. The highest BCUT2D eigenvalue weighted by atomic mass is 15.0. The van der Waals surface area contributed by atoms with Gasteiger partial charge in [-0.3, -0.25) is 0 Å². The van der Waals surface area contributed by atoms with Crippen molar-refractivity contribution in [2.24, 2.45) is 0 Å². The third-order valence-corrected chi connectivity index (χ3v) is 8.60. The lowest BCUT2D eigenvalue weighted by molar-refractivity contribution is 0.660. The molecule has 0 unspecified atom stereocenters. The van der Waals surface area contributed by atoms with Crippen molar-refractivity contribution in [2.45, 2.75) is 19.3 Å². The van der Waals surface area contributed by atoms with Crippen LogP contribution < -0.4 is 0 Å². The van der Waals surface area contributed by atoms with E-state index in [4.69, 9.17) is 0 Å². The lowest BCUT2D eigenvalue weighted by Crippen LogP contribution is -2.14. The number of para-hydroxylation sites is 1. The molecular weight excluding hydrogens is 458 g/mol. The van der Waals surface area contributed by atoms with Gasteiger partial charge in [0.05, 0.1) is 16.7 Å². The Hall–Kier alpha value is -4.62. The van der Waals surface area contributed by atoms with E-state index in [1.54, 1.807) is 0 Å². The Morgan fingerprint density at radius 2 is 1.13 bits per heavy atom. The van der Waals surface area contributed by atoms with Crippen molar-refractivity contribution in [1.82, 2.24) is 4.57 Å². The van der Waals surface area contributed by atoms with E-state index in [0.717, 1.165) is 0 Å². The average Bonchev–Trinajstić information content (AvgIpc) is 3.41. The summed E-state index contributed by atoms with van der Waals surface area (Å²) >= 11 is 0. The summed E-state index contributed by atoms with van der Waals surface area (Å²) in [6.45, 7) is 4.68. The zero-order valence-electron chi connectivity index (χ0n) is 21.6. The predicted octanol–water partition coefficient (Wildman–Crippen LogP) is 9.91. The van der Waals surface area contributed by atoms with Gasteiger partial charge in [0.1, 0.15) is 0 Å². The highest BCUT2D eigenvalue weighted by Gasteiger charge is 2.35. The molecule has 0 atom stereocenters. The normalized spacial score (nSPS) is 13.7. The van der Waals surface area contributed by atoms with Crippen LogP contribution in [-0.2, 0) is 5.41 Å². The molecule has 0 bridgehead atoms. The zero-order valence-corrected chi connectivity index (χ0v) is 21.6. The lowest BCUT2D eigenvalue weighted by Gasteiger charge is -2.21. The van der Waals surface area contributed by atoms with Crippen molar-refractivity contribution >= 4 is 32.6 Å². The Morgan fingerprint density at radius 3 is 2.05 bits per heavy atom. The molecule has 1 aromatic heterocycles. The molecule has 180 valence electrons. The fraction of sp³-hybridized carbons (Fsp3) is 0.0811. The standard InChI is InChI=1S/C37H27N/c1-37(2)32-15-7-5-13-28(32)31-22-25(19-21-33(31)37)26-18-20-30-29-14-6-8-16-35(29)38(36(30)23-26)34-17-9-11-24-10-3-4-12-27(24)34/h3-23H,1-2H3. The number of benzene rings is 6. The molecule has 0 radical (unpaired) electrons. The Kier molecular flexibility index (Phi) is 4.35. The second-order valence-corrected chi connectivity index (χ2v) is 11.0. The predicted molar refractivity (Wildman–Crippen MR) is 161 cm³/mol. The minimum atomic E-state index is 0.0230. The Bertz CT molecular complexity index is 2050. The summed E-state index contributed by atoms with van der Waals surface area (Å²) in [6, 6.07) is 46.9. The number of rotatable bonds is 2. The summed E-state index contributed by atoms with van der Waals surface area (Å²) in [6.07, 6.45) is 0. The molecule has 0 saturated carbocycles. The van der Waals surface area contributed by atoms with Crippen molar-refractivity contribution in [3.05, 3.63) is 139 Å². The molecule has 0 spiro atoms. The van der Waals surface area contributed by atoms with Gasteiger partial charge in [-0.1, -0.05) is 117 Å². The first kappa shape index (κ1) is 21.5. The van der Waals surface area contributed by atoms with E-state index >= 15 is 0 Å². The van der Waals surface area contributed by atoms with Gasteiger partial charge in [-0.05, 0) is 63.0 Å². The fourth-order valence-corrected chi connectivity index (χ4v) is 6.71. The van der Waals surface area contributed by atoms with Gasteiger partial charge in [0.25, 0.3) is 0 Å². The van der Waals surface area contributed by atoms with Crippen LogP contribution in [0.4, 0.5) is 0 Å². The maximum Gasteiger partial charge on any atom is 0.0547 e. The number of hydrogen-bond donors (Lipinski definition) is 0. The molecule has 0 saturated heterocycles. The summed E-state index contributed by atoms with van der Waals surface area (Å²) < 4.78 is 2.45. The van der Waals surface area contributed by atoms with Crippen LogP contribution in [0.5, 0.6) is 0 Å². The monoisotopic (exact) mass is 485 g/mol. The quantitative estimate of drug-likeness (QED) is 0.230. The van der Waals surface area contributed by atoms with E-state index in [1.807, 2.05) is 0 Å².